The third-order valence-electron chi connectivity index (χ3n) is 2.38. The lowest BCUT2D eigenvalue weighted by Gasteiger charge is -2.02. The molecule has 0 bridgehead atoms. The van der Waals surface area contributed by atoms with Crippen molar-refractivity contribution in [1.29, 1.82) is 0 Å². The van der Waals surface area contributed by atoms with Crippen LogP contribution in [0.4, 0.5) is 10.2 Å². The fraction of sp³-hybridized carbons (Fsp3) is 0.0909. The molecule has 8 heteroatoms. The Balaban J connectivity index is 2.40. The maximum absolute atomic E-state index is 13.8. The van der Waals surface area contributed by atoms with Gasteiger partial charge in [-0.2, -0.15) is 0 Å². The van der Waals surface area contributed by atoms with E-state index in [4.69, 9.17) is 0 Å². The highest BCUT2D eigenvalue weighted by atomic mass is 19.1. The van der Waals surface area contributed by atoms with Crippen LogP contribution in [0.15, 0.2) is 30.5 Å². The van der Waals surface area contributed by atoms with Crippen molar-refractivity contribution in [2.75, 3.05) is 7.11 Å². The Morgan fingerprint density at radius 3 is 2.74 bits per heavy atom. The summed E-state index contributed by atoms with van der Waals surface area (Å²) in [5.74, 6) is -1.80. The van der Waals surface area contributed by atoms with Gasteiger partial charge in [0.05, 0.1) is 30.0 Å². The minimum atomic E-state index is -0.735. The Labute approximate surface area is 106 Å². The van der Waals surface area contributed by atoms with Crippen LogP contribution >= 0.6 is 0 Å². The third kappa shape index (κ3) is 2.41. The standard InChI is InChI=1S/C11H8FN3O4/c1-19-11(16)7-2-3-9(8(12)6-7)14-5-4-10(13-14)15(17)18/h2-6H,1H3. The van der Waals surface area contributed by atoms with E-state index in [1.807, 2.05) is 0 Å². The van der Waals surface area contributed by atoms with Gasteiger partial charge in [-0.25, -0.2) is 9.18 Å². The summed E-state index contributed by atoms with van der Waals surface area (Å²) in [6.45, 7) is 0. The maximum Gasteiger partial charge on any atom is 0.390 e. The predicted molar refractivity (Wildman–Crippen MR) is 61.5 cm³/mol. The number of rotatable bonds is 3. The number of halogens is 1. The molecule has 1 heterocycles. The molecule has 19 heavy (non-hydrogen) atoms. The number of aromatic nitrogens is 2. The summed E-state index contributed by atoms with van der Waals surface area (Å²) >= 11 is 0. The Hall–Kier alpha value is -2.77. The van der Waals surface area contributed by atoms with Gasteiger partial charge < -0.3 is 14.9 Å². The first-order valence-corrected chi connectivity index (χ1v) is 5.11. The zero-order chi connectivity index (χ0) is 14.0. The highest BCUT2D eigenvalue weighted by molar-refractivity contribution is 5.89. The van der Waals surface area contributed by atoms with Gasteiger partial charge in [0, 0.05) is 0 Å². The molecule has 2 aromatic rings. The molecule has 0 spiro atoms. The molecule has 1 aromatic carbocycles. The largest absolute Gasteiger partial charge is 0.465 e. The van der Waals surface area contributed by atoms with Crippen molar-refractivity contribution >= 4 is 11.8 Å². The molecule has 0 saturated carbocycles. The van der Waals surface area contributed by atoms with Gasteiger partial charge in [-0.3, -0.25) is 0 Å². The molecule has 0 radical (unpaired) electrons. The molecule has 0 saturated heterocycles. The molecular weight excluding hydrogens is 257 g/mol. The minimum Gasteiger partial charge on any atom is -0.465 e. The van der Waals surface area contributed by atoms with Crippen molar-refractivity contribution in [2.45, 2.75) is 0 Å². The van der Waals surface area contributed by atoms with E-state index in [0.717, 1.165) is 16.8 Å². The van der Waals surface area contributed by atoms with Crippen LogP contribution in [0.2, 0.25) is 0 Å². The summed E-state index contributed by atoms with van der Waals surface area (Å²) < 4.78 is 19.3. The van der Waals surface area contributed by atoms with Crippen LogP contribution in [0.25, 0.3) is 5.69 Å². The van der Waals surface area contributed by atoms with Gasteiger partial charge in [-0.05, 0) is 23.1 Å². The Morgan fingerprint density at radius 2 is 2.21 bits per heavy atom. The number of hydrogen-bond acceptors (Lipinski definition) is 5. The Morgan fingerprint density at radius 1 is 1.47 bits per heavy atom. The molecule has 0 N–H and O–H groups in total. The summed E-state index contributed by atoms with van der Waals surface area (Å²) in [5, 5.41) is 14.1. The van der Waals surface area contributed by atoms with Gasteiger partial charge in [-0.1, -0.05) is 0 Å². The first-order valence-electron chi connectivity index (χ1n) is 5.11. The van der Waals surface area contributed by atoms with Crippen molar-refractivity contribution in [3.8, 4) is 5.69 Å². The normalized spacial score (nSPS) is 10.2. The number of methoxy groups -OCH3 is 1. The molecular formula is C11H8FN3O4. The van der Waals surface area contributed by atoms with Crippen LogP contribution in [0.3, 0.4) is 0 Å². The van der Waals surface area contributed by atoms with Crippen LogP contribution in [-0.2, 0) is 4.74 Å². The first-order chi connectivity index (χ1) is 9.02. The molecule has 0 aliphatic heterocycles. The van der Waals surface area contributed by atoms with E-state index >= 15 is 0 Å². The van der Waals surface area contributed by atoms with Crippen molar-refractivity contribution in [3.63, 3.8) is 0 Å². The van der Waals surface area contributed by atoms with Gasteiger partial charge in [0.25, 0.3) is 0 Å². The zero-order valence-corrected chi connectivity index (χ0v) is 9.74. The van der Waals surface area contributed by atoms with E-state index < -0.39 is 22.5 Å². The van der Waals surface area contributed by atoms with E-state index in [2.05, 4.69) is 9.84 Å². The molecule has 2 rings (SSSR count). The number of carbonyl (C=O) groups is 1. The lowest BCUT2D eigenvalue weighted by atomic mass is 10.2. The quantitative estimate of drug-likeness (QED) is 0.479. The minimum absolute atomic E-state index is 0.000697. The lowest BCUT2D eigenvalue weighted by Crippen LogP contribution is -2.05. The molecule has 0 fully saturated rings. The summed E-state index contributed by atoms with van der Waals surface area (Å²) in [6.07, 6.45) is 1.26. The molecule has 7 nitrogen and oxygen atoms in total. The van der Waals surface area contributed by atoms with E-state index in [-0.39, 0.29) is 11.3 Å². The second-order valence-electron chi connectivity index (χ2n) is 3.53. The second kappa shape index (κ2) is 4.84. The molecule has 1 aromatic heterocycles. The third-order valence-corrected chi connectivity index (χ3v) is 2.38. The number of nitrogens with zero attached hydrogens (tertiary/aromatic N) is 3. The van der Waals surface area contributed by atoms with Crippen molar-refractivity contribution in [1.82, 2.24) is 9.78 Å². The maximum atomic E-state index is 13.8. The monoisotopic (exact) mass is 265 g/mol. The van der Waals surface area contributed by atoms with E-state index in [9.17, 15) is 19.3 Å². The first kappa shape index (κ1) is 12.7. The summed E-state index contributed by atoms with van der Waals surface area (Å²) in [5.41, 5.74) is 0.0474. The van der Waals surface area contributed by atoms with Gasteiger partial charge in [0.1, 0.15) is 5.69 Å². The van der Waals surface area contributed by atoms with Crippen LogP contribution in [0.1, 0.15) is 10.4 Å². The van der Waals surface area contributed by atoms with Gasteiger partial charge in [-0.15, -0.1) is 4.68 Å². The average molecular weight is 265 g/mol. The zero-order valence-electron chi connectivity index (χ0n) is 9.74. The molecule has 0 aliphatic rings. The van der Waals surface area contributed by atoms with Crippen LogP contribution in [-0.4, -0.2) is 27.8 Å². The Bertz CT molecular complexity index is 653. The van der Waals surface area contributed by atoms with Crippen molar-refractivity contribution < 1.29 is 18.8 Å². The number of esters is 1. The number of carbonyl (C=O) groups excluding carboxylic acids is 1. The number of benzene rings is 1. The van der Waals surface area contributed by atoms with Gasteiger partial charge in [0.2, 0.25) is 0 Å². The fourth-order valence-corrected chi connectivity index (χ4v) is 1.48. The van der Waals surface area contributed by atoms with Crippen LogP contribution in [0.5, 0.6) is 0 Å². The van der Waals surface area contributed by atoms with Gasteiger partial charge >= 0.3 is 11.8 Å². The van der Waals surface area contributed by atoms with Crippen LogP contribution in [0, 0.1) is 15.9 Å². The highest BCUT2D eigenvalue weighted by Crippen LogP contribution is 2.17. The smallest absolute Gasteiger partial charge is 0.390 e. The van der Waals surface area contributed by atoms with E-state index in [0.29, 0.717) is 0 Å². The number of hydrogen-bond donors (Lipinski definition) is 0. The summed E-state index contributed by atoms with van der Waals surface area (Å²) in [7, 11) is 1.19. The summed E-state index contributed by atoms with van der Waals surface area (Å²) in [6, 6.07) is 4.76. The predicted octanol–water partition coefficient (Wildman–Crippen LogP) is 1.71. The van der Waals surface area contributed by atoms with Crippen LogP contribution < -0.4 is 0 Å². The van der Waals surface area contributed by atoms with E-state index in [1.165, 1.54) is 25.4 Å². The van der Waals surface area contributed by atoms with Gasteiger partial charge in [0.15, 0.2) is 5.82 Å². The fourth-order valence-electron chi connectivity index (χ4n) is 1.48. The highest BCUT2D eigenvalue weighted by Gasteiger charge is 2.16. The number of nitro groups is 1. The molecule has 0 aliphatic carbocycles. The summed E-state index contributed by atoms with van der Waals surface area (Å²) in [4.78, 5) is 21.0. The molecule has 0 atom stereocenters. The topological polar surface area (TPSA) is 87.3 Å². The number of ether oxygens (including phenoxy) is 1. The van der Waals surface area contributed by atoms with Crippen molar-refractivity contribution in [3.05, 3.63) is 52.0 Å². The lowest BCUT2D eigenvalue weighted by molar-refractivity contribution is -0.389. The molecule has 0 amide bonds. The average Bonchev–Trinajstić information content (AvgIpc) is 2.87. The second-order valence-corrected chi connectivity index (χ2v) is 3.53. The van der Waals surface area contributed by atoms with Crippen molar-refractivity contribution in [2.24, 2.45) is 0 Å². The van der Waals surface area contributed by atoms with E-state index in [1.54, 1.807) is 0 Å². The Kier molecular flexibility index (Phi) is 3.23. The SMILES string of the molecule is COC(=O)c1ccc(-n2ccc([N+](=O)[O-])n2)c(F)c1. The molecule has 0 unspecified atom stereocenters. The molecule has 98 valence electrons.